The minimum absolute atomic E-state index is 0.277. The molecule has 2 aliphatic rings. The summed E-state index contributed by atoms with van der Waals surface area (Å²) in [5, 5.41) is 33.0. The molecule has 2 fully saturated rings. The molecule has 10 heteroatoms. The fourth-order valence-electron chi connectivity index (χ4n) is 5.00. The lowest BCUT2D eigenvalue weighted by Gasteiger charge is -2.38. The van der Waals surface area contributed by atoms with Crippen molar-refractivity contribution in [2.45, 2.75) is 57.2 Å². The molecule has 3 atom stereocenters. The van der Waals surface area contributed by atoms with Crippen molar-refractivity contribution in [1.82, 2.24) is 30.0 Å². The number of hydrogen-bond donors (Lipinski definition) is 4. The number of fused-ring (bicyclic) bond motifs is 3. The van der Waals surface area contributed by atoms with E-state index >= 15 is 0 Å². The van der Waals surface area contributed by atoms with Crippen LogP contribution in [0.2, 0.25) is 0 Å². The summed E-state index contributed by atoms with van der Waals surface area (Å²) >= 11 is 0. The van der Waals surface area contributed by atoms with E-state index in [1.54, 1.807) is 6.20 Å². The number of nitriles is 2. The molecule has 5 heterocycles. The van der Waals surface area contributed by atoms with Gasteiger partial charge < -0.3 is 15.6 Å². The fraction of sp³-hybridized carbons (Fsp3) is 0.476. The van der Waals surface area contributed by atoms with E-state index in [2.05, 4.69) is 47.8 Å². The molecule has 2 aliphatic heterocycles. The van der Waals surface area contributed by atoms with Gasteiger partial charge in [0, 0.05) is 49.0 Å². The van der Waals surface area contributed by atoms with Crippen LogP contribution >= 0.6 is 0 Å². The number of anilines is 3. The predicted molar refractivity (Wildman–Crippen MR) is 116 cm³/mol. The van der Waals surface area contributed by atoms with Gasteiger partial charge in [-0.05, 0) is 32.6 Å². The van der Waals surface area contributed by atoms with Gasteiger partial charge in [-0.1, -0.05) is 0 Å². The van der Waals surface area contributed by atoms with Crippen LogP contribution in [0.25, 0.3) is 11.0 Å². The molecule has 3 aromatic rings. The lowest BCUT2D eigenvalue weighted by atomic mass is 9.97. The van der Waals surface area contributed by atoms with Gasteiger partial charge in [-0.25, -0.2) is 0 Å². The molecule has 31 heavy (non-hydrogen) atoms. The van der Waals surface area contributed by atoms with Gasteiger partial charge in [-0.3, -0.25) is 10.00 Å². The van der Waals surface area contributed by atoms with E-state index in [9.17, 15) is 5.26 Å². The van der Waals surface area contributed by atoms with Crippen molar-refractivity contribution in [1.29, 1.82) is 10.5 Å². The average Bonchev–Trinajstić information content (AvgIpc) is 3.42. The highest BCUT2D eigenvalue weighted by atomic mass is 15.3. The Kier molecular flexibility index (Phi) is 4.92. The van der Waals surface area contributed by atoms with E-state index < -0.39 is 0 Å². The fourth-order valence-corrected chi connectivity index (χ4v) is 5.00. The molecule has 0 radical (unpaired) electrons. The van der Waals surface area contributed by atoms with Crippen molar-refractivity contribution >= 4 is 28.6 Å². The first-order valence-electron chi connectivity index (χ1n) is 10.6. The molecular weight excluding hydrogens is 392 g/mol. The van der Waals surface area contributed by atoms with Crippen molar-refractivity contribution < 1.29 is 0 Å². The molecule has 2 bridgehead atoms. The van der Waals surface area contributed by atoms with Crippen LogP contribution in [0.5, 0.6) is 0 Å². The minimum atomic E-state index is 0.277. The molecule has 158 valence electrons. The first kappa shape index (κ1) is 19.3. The topological polar surface area (TPSA) is 145 Å². The van der Waals surface area contributed by atoms with E-state index in [0.717, 1.165) is 25.1 Å². The first-order valence-corrected chi connectivity index (χ1v) is 10.6. The largest absolute Gasteiger partial charge is 0.351 e. The molecule has 10 nitrogen and oxygen atoms in total. The van der Waals surface area contributed by atoms with Crippen LogP contribution in [0.1, 0.15) is 43.4 Å². The molecule has 4 N–H and O–H groups in total. The third kappa shape index (κ3) is 3.66. The second-order valence-corrected chi connectivity index (χ2v) is 8.34. The second kappa shape index (κ2) is 7.89. The van der Waals surface area contributed by atoms with Gasteiger partial charge >= 0.3 is 0 Å². The Hall–Kier alpha value is -3.63. The molecular formula is C21H24N10. The number of aromatic nitrogens is 5. The number of aromatic amines is 2. The summed E-state index contributed by atoms with van der Waals surface area (Å²) in [4.78, 5) is 14.9. The van der Waals surface area contributed by atoms with Crippen molar-refractivity contribution in [2.75, 3.05) is 17.2 Å². The number of aryl methyl sites for hydroxylation is 1. The summed E-state index contributed by atoms with van der Waals surface area (Å²) < 4.78 is 0. The summed E-state index contributed by atoms with van der Waals surface area (Å²) in [7, 11) is 0. The summed E-state index contributed by atoms with van der Waals surface area (Å²) in [5.74, 6) is 1.71. The Morgan fingerprint density at radius 2 is 2.03 bits per heavy atom. The normalized spacial score (nSPS) is 22.9. The van der Waals surface area contributed by atoms with Crippen LogP contribution in [-0.4, -0.2) is 54.7 Å². The van der Waals surface area contributed by atoms with E-state index in [0.29, 0.717) is 52.7 Å². The zero-order valence-electron chi connectivity index (χ0n) is 17.3. The molecule has 3 aromatic heterocycles. The monoisotopic (exact) mass is 416 g/mol. The van der Waals surface area contributed by atoms with Crippen LogP contribution in [-0.2, 0) is 0 Å². The smallest absolute Gasteiger partial charge is 0.226 e. The summed E-state index contributed by atoms with van der Waals surface area (Å²) in [5.41, 5.74) is 2.03. The van der Waals surface area contributed by atoms with E-state index in [1.807, 2.05) is 13.0 Å². The highest BCUT2D eigenvalue weighted by molar-refractivity contribution is 5.94. The number of piperidine rings is 1. The highest BCUT2D eigenvalue weighted by Gasteiger charge is 2.40. The molecule has 0 amide bonds. The Morgan fingerprint density at radius 1 is 1.23 bits per heavy atom. The Morgan fingerprint density at radius 3 is 2.71 bits per heavy atom. The summed E-state index contributed by atoms with van der Waals surface area (Å²) in [6, 6.07) is 7.64. The van der Waals surface area contributed by atoms with Crippen molar-refractivity contribution in [3.8, 4) is 12.1 Å². The van der Waals surface area contributed by atoms with Gasteiger partial charge in [0.15, 0.2) is 5.82 Å². The zero-order chi connectivity index (χ0) is 21.4. The van der Waals surface area contributed by atoms with Gasteiger partial charge in [0.2, 0.25) is 5.95 Å². The Labute approximate surface area is 179 Å². The SMILES string of the molecule is Cc1cc(Nc2nc(N[C@@H]3CC4CC[C@@H](C3)N4CCC#N)nc3[nH]cc(C#N)c23)n[nH]1. The van der Waals surface area contributed by atoms with Crippen LogP contribution < -0.4 is 10.6 Å². The van der Waals surface area contributed by atoms with Gasteiger partial charge in [0.05, 0.1) is 17.0 Å². The molecule has 1 unspecified atom stereocenters. The maximum absolute atomic E-state index is 9.49. The maximum atomic E-state index is 9.49. The van der Waals surface area contributed by atoms with E-state index in [4.69, 9.17) is 10.2 Å². The summed E-state index contributed by atoms with van der Waals surface area (Å²) in [6.07, 6.45) is 6.62. The van der Waals surface area contributed by atoms with E-state index in [1.165, 1.54) is 12.8 Å². The molecule has 0 spiro atoms. The first-order chi connectivity index (χ1) is 15.1. The quantitative estimate of drug-likeness (QED) is 0.480. The van der Waals surface area contributed by atoms with Crippen LogP contribution in [0.3, 0.4) is 0 Å². The minimum Gasteiger partial charge on any atom is -0.351 e. The Balaban J connectivity index is 1.40. The molecule has 5 rings (SSSR count). The zero-order valence-corrected chi connectivity index (χ0v) is 17.3. The van der Waals surface area contributed by atoms with Crippen LogP contribution in [0.4, 0.5) is 17.6 Å². The van der Waals surface area contributed by atoms with Crippen molar-refractivity contribution in [2.24, 2.45) is 0 Å². The lowest BCUT2D eigenvalue weighted by Crippen LogP contribution is -2.47. The van der Waals surface area contributed by atoms with Gasteiger partial charge in [0.25, 0.3) is 0 Å². The molecule has 2 saturated heterocycles. The summed E-state index contributed by atoms with van der Waals surface area (Å²) in [6.45, 7) is 2.78. The van der Waals surface area contributed by atoms with Crippen molar-refractivity contribution in [3.05, 3.63) is 23.5 Å². The highest BCUT2D eigenvalue weighted by Crippen LogP contribution is 2.37. The average molecular weight is 416 g/mol. The van der Waals surface area contributed by atoms with Gasteiger partial charge in [0.1, 0.15) is 17.5 Å². The van der Waals surface area contributed by atoms with Gasteiger partial charge in [-0.15, -0.1) is 0 Å². The number of rotatable bonds is 6. The van der Waals surface area contributed by atoms with Crippen molar-refractivity contribution in [3.63, 3.8) is 0 Å². The molecule has 0 aromatic carbocycles. The van der Waals surface area contributed by atoms with Gasteiger partial charge in [-0.2, -0.15) is 25.6 Å². The standard InChI is InChI=1S/C21H24N10/c1-12-7-17(30-29-12)26-20-18-13(10-23)11-24-19(18)27-21(28-20)25-14-8-15-3-4-16(9-14)31(15)6-2-5-22/h7,11,14-16H,2-4,6,8-9H2,1H3,(H4,24,25,26,27,28,29,30)/t14-,15-,16?/m0/s1. The predicted octanol–water partition coefficient (Wildman–Crippen LogP) is 2.93. The second-order valence-electron chi connectivity index (χ2n) is 8.34. The number of H-pyrrole nitrogens is 2. The molecule has 0 aliphatic carbocycles. The number of nitrogens with zero attached hydrogens (tertiary/aromatic N) is 6. The number of nitrogens with one attached hydrogen (secondary N) is 4. The molecule has 0 saturated carbocycles. The van der Waals surface area contributed by atoms with Crippen LogP contribution in [0.15, 0.2) is 12.3 Å². The lowest BCUT2D eigenvalue weighted by molar-refractivity contribution is 0.135. The third-order valence-corrected chi connectivity index (χ3v) is 6.30. The third-order valence-electron chi connectivity index (χ3n) is 6.30. The van der Waals surface area contributed by atoms with Crippen LogP contribution in [0, 0.1) is 29.6 Å². The number of hydrogen-bond acceptors (Lipinski definition) is 8. The maximum Gasteiger partial charge on any atom is 0.226 e. The van der Waals surface area contributed by atoms with E-state index in [-0.39, 0.29) is 6.04 Å². The Bertz CT molecular complexity index is 1170.